The van der Waals surface area contributed by atoms with E-state index in [0.29, 0.717) is 12.2 Å². The number of benzene rings is 1. The van der Waals surface area contributed by atoms with Gasteiger partial charge in [0.25, 0.3) is 0 Å². The molecule has 0 fully saturated rings. The fraction of sp³-hybridized carbons (Fsp3) is 0.333. The van der Waals surface area contributed by atoms with Crippen LogP contribution in [0.4, 0.5) is 8.78 Å². The van der Waals surface area contributed by atoms with E-state index in [-0.39, 0.29) is 6.42 Å². The summed E-state index contributed by atoms with van der Waals surface area (Å²) in [6.07, 6.45) is -2.88. The van der Waals surface area contributed by atoms with Crippen molar-refractivity contribution in [1.82, 2.24) is 0 Å². The summed E-state index contributed by atoms with van der Waals surface area (Å²) in [5.74, 6) is 0.291. The second kappa shape index (κ2) is 2.94. The topological polar surface area (TPSA) is 9.23 Å². The quantitative estimate of drug-likeness (QED) is 0.684. The number of rotatable bonds is 0. The Kier molecular flexibility index (Phi) is 2.02. The molecule has 0 saturated heterocycles. The summed E-state index contributed by atoms with van der Waals surface area (Å²) < 4.78 is 30.9. The average Bonchev–Trinajstić information content (AvgIpc) is 2.05. The molecule has 0 aromatic heterocycles. The molecule has 0 spiro atoms. The van der Waals surface area contributed by atoms with E-state index in [2.05, 4.69) is 20.7 Å². The highest BCUT2D eigenvalue weighted by atomic mass is 79.9. The van der Waals surface area contributed by atoms with Crippen molar-refractivity contribution in [2.75, 3.05) is 0 Å². The molecule has 1 aromatic rings. The lowest BCUT2D eigenvalue weighted by atomic mass is 10.1. The van der Waals surface area contributed by atoms with Gasteiger partial charge >= 0.3 is 6.11 Å². The van der Waals surface area contributed by atoms with Crippen LogP contribution in [0.15, 0.2) is 22.7 Å². The minimum absolute atomic E-state index is 0.240. The molecule has 0 saturated carbocycles. The molecule has 0 bridgehead atoms. The monoisotopic (exact) mass is 248 g/mol. The first kappa shape index (κ1) is 8.94. The number of halogens is 3. The van der Waals surface area contributed by atoms with Gasteiger partial charge in [-0.2, -0.15) is 8.78 Å². The Balaban J connectivity index is 2.37. The molecule has 0 N–H and O–H groups in total. The van der Waals surface area contributed by atoms with Gasteiger partial charge in [0.15, 0.2) is 0 Å². The lowest BCUT2D eigenvalue weighted by Crippen LogP contribution is -2.29. The van der Waals surface area contributed by atoms with Crippen LogP contribution in [0.2, 0.25) is 0 Å². The zero-order valence-electron chi connectivity index (χ0n) is 6.69. The summed E-state index contributed by atoms with van der Waals surface area (Å²) in [6.45, 7) is 0. The van der Waals surface area contributed by atoms with E-state index in [1.165, 1.54) is 0 Å². The van der Waals surface area contributed by atoms with E-state index in [1.807, 2.05) is 6.07 Å². The van der Waals surface area contributed by atoms with E-state index in [1.54, 1.807) is 12.1 Å². The van der Waals surface area contributed by atoms with E-state index >= 15 is 0 Å². The molecule has 0 amide bonds. The Bertz CT molecular complexity index is 338. The van der Waals surface area contributed by atoms with Crippen LogP contribution in [0.5, 0.6) is 5.75 Å². The number of hydrogen-bond acceptors (Lipinski definition) is 1. The number of fused-ring (bicyclic) bond motifs is 1. The van der Waals surface area contributed by atoms with Crippen molar-refractivity contribution in [3.63, 3.8) is 0 Å². The zero-order chi connectivity index (χ0) is 9.47. The van der Waals surface area contributed by atoms with Gasteiger partial charge in [0.1, 0.15) is 5.75 Å². The molecule has 1 aliphatic heterocycles. The molecule has 1 nitrogen and oxygen atoms in total. The van der Waals surface area contributed by atoms with Crippen molar-refractivity contribution in [3.05, 3.63) is 28.2 Å². The maximum absolute atomic E-state index is 12.7. The second-order valence-electron chi connectivity index (χ2n) is 2.99. The smallest absolute Gasteiger partial charge is 0.398 e. The molecule has 0 unspecified atom stereocenters. The molecule has 0 atom stereocenters. The van der Waals surface area contributed by atoms with Crippen LogP contribution in [0, 0.1) is 0 Å². The molecule has 0 aliphatic carbocycles. The van der Waals surface area contributed by atoms with Crippen LogP contribution >= 0.6 is 15.9 Å². The Hall–Kier alpha value is -0.640. The maximum atomic E-state index is 12.7. The van der Waals surface area contributed by atoms with Gasteiger partial charge < -0.3 is 4.74 Å². The van der Waals surface area contributed by atoms with Gasteiger partial charge in [0.05, 0.1) is 6.42 Å². The predicted octanol–water partition coefficient (Wildman–Crippen LogP) is 3.37. The van der Waals surface area contributed by atoms with Crippen LogP contribution in [-0.4, -0.2) is 6.11 Å². The van der Waals surface area contributed by atoms with Crippen molar-refractivity contribution in [3.8, 4) is 5.75 Å². The minimum atomic E-state index is -3.00. The largest absolute Gasteiger partial charge is 0.432 e. The average molecular weight is 249 g/mol. The Labute approximate surface area is 82.8 Å². The summed E-state index contributed by atoms with van der Waals surface area (Å²) >= 11 is 3.28. The SMILES string of the molecule is FC1(F)CCc2cc(Br)ccc2O1. The van der Waals surface area contributed by atoms with Crippen LogP contribution in [0.25, 0.3) is 0 Å². The third-order valence-corrected chi connectivity index (χ3v) is 2.46. The number of hydrogen-bond donors (Lipinski definition) is 0. The van der Waals surface area contributed by atoms with E-state index in [0.717, 1.165) is 10.0 Å². The minimum Gasteiger partial charge on any atom is -0.432 e. The molecule has 1 aromatic carbocycles. The van der Waals surface area contributed by atoms with Crippen molar-refractivity contribution >= 4 is 15.9 Å². The first-order valence-electron chi connectivity index (χ1n) is 3.92. The van der Waals surface area contributed by atoms with Crippen LogP contribution < -0.4 is 4.74 Å². The highest BCUT2D eigenvalue weighted by Gasteiger charge is 2.35. The molecule has 2 rings (SSSR count). The molecule has 1 heterocycles. The van der Waals surface area contributed by atoms with Crippen LogP contribution in [0.3, 0.4) is 0 Å². The van der Waals surface area contributed by atoms with Gasteiger partial charge in [-0.25, -0.2) is 0 Å². The summed E-state index contributed by atoms with van der Waals surface area (Å²) in [5.41, 5.74) is 0.834. The van der Waals surface area contributed by atoms with Gasteiger partial charge in [0.2, 0.25) is 0 Å². The molecule has 1 aliphatic rings. The molecular formula is C9H7BrF2O. The fourth-order valence-electron chi connectivity index (χ4n) is 1.34. The fourth-order valence-corrected chi connectivity index (χ4v) is 1.74. The summed E-state index contributed by atoms with van der Waals surface area (Å²) in [5, 5.41) is 0. The predicted molar refractivity (Wildman–Crippen MR) is 48.0 cm³/mol. The van der Waals surface area contributed by atoms with Crippen molar-refractivity contribution < 1.29 is 13.5 Å². The third kappa shape index (κ3) is 1.82. The molecule has 13 heavy (non-hydrogen) atoms. The maximum Gasteiger partial charge on any atom is 0.398 e. The third-order valence-electron chi connectivity index (χ3n) is 1.97. The van der Waals surface area contributed by atoms with E-state index in [4.69, 9.17) is 0 Å². The van der Waals surface area contributed by atoms with E-state index < -0.39 is 6.11 Å². The number of aryl methyl sites for hydroxylation is 1. The Morgan fingerprint density at radius 1 is 1.38 bits per heavy atom. The number of alkyl halides is 2. The lowest BCUT2D eigenvalue weighted by molar-refractivity contribution is -0.187. The number of ether oxygens (including phenoxy) is 1. The molecule has 70 valence electrons. The lowest BCUT2D eigenvalue weighted by Gasteiger charge is -2.25. The van der Waals surface area contributed by atoms with Gasteiger partial charge in [-0.15, -0.1) is 0 Å². The molecule has 4 heteroatoms. The summed E-state index contributed by atoms with van der Waals surface area (Å²) in [6, 6.07) is 5.07. The van der Waals surface area contributed by atoms with Crippen LogP contribution in [-0.2, 0) is 6.42 Å². The highest BCUT2D eigenvalue weighted by Crippen LogP contribution is 2.36. The van der Waals surface area contributed by atoms with Crippen molar-refractivity contribution in [2.24, 2.45) is 0 Å². The summed E-state index contributed by atoms with van der Waals surface area (Å²) in [4.78, 5) is 0. The Morgan fingerprint density at radius 3 is 2.92 bits per heavy atom. The summed E-state index contributed by atoms with van der Waals surface area (Å²) in [7, 11) is 0. The standard InChI is InChI=1S/C9H7BrF2O/c10-7-1-2-8-6(5-7)3-4-9(11,12)13-8/h1-2,5H,3-4H2. The molecule has 0 radical (unpaired) electrons. The van der Waals surface area contributed by atoms with Gasteiger partial charge in [0, 0.05) is 4.47 Å². The Morgan fingerprint density at radius 2 is 2.15 bits per heavy atom. The normalized spacial score (nSPS) is 19.0. The van der Waals surface area contributed by atoms with Crippen LogP contribution in [0.1, 0.15) is 12.0 Å². The second-order valence-corrected chi connectivity index (χ2v) is 3.91. The zero-order valence-corrected chi connectivity index (χ0v) is 8.27. The van der Waals surface area contributed by atoms with Gasteiger partial charge in [-0.1, -0.05) is 15.9 Å². The van der Waals surface area contributed by atoms with Gasteiger partial charge in [-0.3, -0.25) is 0 Å². The first-order chi connectivity index (χ1) is 6.07. The van der Waals surface area contributed by atoms with Crippen molar-refractivity contribution in [2.45, 2.75) is 19.0 Å². The molecular weight excluding hydrogens is 242 g/mol. The van der Waals surface area contributed by atoms with Gasteiger partial charge in [-0.05, 0) is 30.2 Å². The highest BCUT2D eigenvalue weighted by molar-refractivity contribution is 9.10. The first-order valence-corrected chi connectivity index (χ1v) is 4.71. The van der Waals surface area contributed by atoms with Crippen molar-refractivity contribution in [1.29, 1.82) is 0 Å². The van der Waals surface area contributed by atoms with E-state index in [9.17, 15) is 8.78 Å².